The molecule has 1 saturated heterocycles. The van der Waals surface area contributed by atoms with Crippen LogP contribution in [-0.2, 0) is 0 Å². The van der Waals surface area contributed by atoms with Gasteiger partial charge >= 0.3 is 0 Å². The second-order valence-electron chi connectivity index (χ2n) is 4.97. The molecule has 3 nitrogen and oxygen atoms in total. The lowest BCUT2D eigenvalue weighted by Gasteiger charge is -2.22. The number of H-pyrrole nitrogens is 1. The molecule has 1 aliphatic rings. The van der Waals surface area contributed by atoms with Crippen molar-refractivity contribution in [2.45, 2.75) is 25.7 Å². The lowest BCUT2D eigenvalue weighted by molar-refractivity contribution is 0.726. The van der Waals surface area contributed by atoms with Crippen molar-refractivity contribution in [2.24, 2.45) is 0 Å². The first kappa shape index (κ1) is 11.3. The molecule has 0 amide bonds. The summed E-state index contributed by atoms with van der Waals surface area (Å²) in [6.45, 7) is 2.10. The monoisotopic (exact) mass is 242 g/mol. The number of aromatic amines is 1. The Bertz CT molecular complexity index is 595. The molecule has 0 aliphatic carbocycles. The van der Waals surface area contributed by atoms with Gasteiger partial charge in [-0.05, 0) is 30.4 Å². The van der Waals surface area contributed by atoms with Crippen LogP contribution in [0.15, 0.2) is 35.1 Å². The first-order valence-corrected chi connectivity index (χ1v) is 6.71. The number of pyridine rings is 1. The fourth-order valence-electron chi connectivity index (χ4n) is 2.68. The Labute approximate surface area is 106 Å². The number of aromatic nitrogens is 1. The quantitative estimate of drug-likeness (QED) is 0.834. The van der Waals surface area contributed by atoms with Crippen LogP contribution < -0.4 is 10.5 Å². The van der Waals surface area contributed by atoms with Gasteiger partial charge in [-0.1, -0.05) is 31.0 Å². The van der Waals surface area contributed by atoms with E-state index in [1.807, 2.05) is 24.3 Å². The number of rotatable bonds is 1. The average Bonchev–Trinajstić information content (AvgIpc) is 2.67. The summed E-state index contributed by atoms with van der Waals surface area (Å²) in [5.41, 5.74) is 0.0207. The van der Waals surface area contributed by atoms with Gasteiger partial charge in [-0.15, -0.1) is 0 Å². The van der Waals surface area contributed by atoms with Gasteiger partial charge < -0.3 is 9.88 Å². The Morgan fingerprint density at radius 3 is 2.50 bits per heavy atom. The van der Waals surface area contributed by atoms with Crippen molar-refractivity contribution < 1.29 is 0 Å². The lowest BCUT2D eigenvalue weighted by atomic mass is 10.1. The molecule has 2 aromatic rings. The van der Waals surface area contributed by atoms with Crippen molar-refractivity contribution in [1.82, 2.24) is 4.98 Å². The van der Waals surface area contributed by atoms with E-state index in [4.69, 9.17) is 0 Å². The molecular formula is C15H18N2O. The van der Waals surface area contributed by atoms with Gasteiger partial charge in [0, 0.05) is 18.5 Å². The van der Waals surface area contributed by atoms with Gasteiger partial charge in [0.05, 0.1) is 0 Å². The first-order chi connectivity index (χ1) is 8.84. The van der Waals surface area contributed by atoms with E-state index in [0.29, 0.717) is 0 Å². The third kappa shape index (κ3) is 2.13. The molecule has 0 atom stereocenters. The fourth-order valence-corrected chi connectivity index (χ4v) is 2.68. The van der Waals surface area contributed by atoms with Crippen molar-refractivity contribution in [1.29, 1.82) is 0 Å². The summed E-state index contributed by atoms with van der Waals surface area (Å²) in [5.74, 6) is 0.973. The standard InChI is InChI=1S/C15H18N2O/c18-15-13-8-4-3-7-12(13)11-14(16-15)17-9-5-1-2-6-10-17/h3-4,7-8,11H,1-2,5-6,9-10H2,(H,16,18). The Morgan fingerprint density at radius 2 is 1.72 bits per heavy atom. The highest BCUT2D eigenvalue weighted by Crippen LogP contribution is 2.19. The maximum Gasteiger partial charge on any atom is 0.257 e. The van der Waals surface area contributed by atoms with E-state index in [1.54, 1.807) is 0 Å². The van der Waals surface area contributed by atoms with E-state index in [2.05, 4.69) is 16.0 Å². The molecule has 1 aliphatic heterocycles. The molecule has 0 radical (unpaired) electrons. The van der Waals surface area contributed by atoms with Crippen LogP contribution >= 0.6 is 0 Å². The second kappa shape index (κ2) is 4.84. The average molecular weight is 242 g/mol. The normalized spacial score (nSPS) is 16.8. The SMILES string of the molecule is O=c1[nH]c(N2CCCCCC2)cc2ccccc12. The topological polar surface area (TPSA) is 36.1 Å². The largest absolute Gasteiger partial charge is 0.358 e. The molecule has 0 unspecified atom stereocenters. The van der Waals surface area contributed by atoms with Gasteiger partial charge in [-0.3, -0.25) is 4.79 Å². The Hall–Kier alpha value is -1.77. The van der Waals surface area contributed by atoms with Crippen LogP contribution in [0.3, 0.4) is 0 Å². The highest BCUT2D eigenvalue weighted by atomic mass is 16.1. The zero-order valence-electron chi connectivity index (χ0n) is 10.5. The van der Waals surface area contributed by atoms with Crippen molar-refractivity contribution in [3.8, 4) is 0 Å². The van der Waals surface area contributed by atoms with E-state index >= 15 is 0 Å². The molecule has 0 saturated carbocycles. The van der Waals surface area contributed by atoms with Gasteiger partial charge in [-0.25, -0.2) is 0 Å². The minimum Gasteiger partial charge on any atom is -0.358 e. The zero-order valence-corrected chi connectivity index (χ0v) is 10.5. The van der Waals surface area contributed by atoms with Gasteiger partial charge in [-0.2, -0.15) is 0 Å². The van der Waals surface area contributed by atoms with Crippen molar-refractivity contribution in [2.75, 3.05) is 18.0 Å². The molecule has 18 heavy (non-hydrogen) atoms. The summed E-state index contributed by atoms with van der Waals surface area (Å²) in [4.78, 5) is 17.4. The summed E-state index contributed by atoms with van der Waals surface area (Å²) in [6.07, 6.45) is 5.03. The number of hydrogen-bond acceptors (Lipinski definition) is 2. The number of hydrogen-bond donors (Lipinski definition) is 1. The van der Waals surface area contributed by atoms with E-state index in [1.165, 1.54) is 25.7 Å². The zero-order chi connectivity index (χ0) is 12.4. The van der Waals surface area contributed by atoms with Crippen LogP contribution in [0.25, 0.3) is 10.8 Å². The van der Waals surface area contributed by atoms with E-state index < -0.39 is 0 Å². The third-order valence-electron chi connectivity index (χ3n) is 3.69. The van der Waals surface area contributed by atoms with Gasteiger partial charge in [0.1, 0.15) is 5.82 Å². The van der Waals surface area contributed by atoms with Crippen LogP contribution in [0.5, 0.6) is 0 Å². The number of nitrogens with one attached hydrogen (secondary N) is 1. The van der Waals surface area contributed by atoms with Crippen LogP contribution in [0.4, 0.5) is 5.82 Å². The second-order valence-corrected chi connectivity index (χ2v) is 4.97. The van der Waals surface area contributed by atoms with E-state index in [9.17, 15) is 4.79 Å². The van der Waals surface area contributed by atoms with E-state index in [0.717, 1.165) is 29.7 Å². The van der Waals surface area contributed by atoms with Gasteiger partial charge in [0.25, 0.3) is 5.56 Å². The molecule has 3 heteroatoms. The molecule has 1 N–H and O–H groups in total. The van der Waals surface area contributed by atoms with Crippen molar-refractivity contribution in [3.63, 3.8) is 0 Å². The molecule has 1 aromatic heterocycles. The van der Waals surface area contributed by atoms with Crippen LogP contribution in [-0.4, -0.2) is 18.1 Å². The van der Waals surface area contributed by atoms with Crippen LogP contribution in [0.2, 0.25) is 0 Å². The molecule has 2 heterocycles. The Kier molecular flexibility index (Phi) is 3.05. The predicted octanol–water partition coefficient (Wildman–Crippen LogP) is 2.91. The van der Waals surface area contributed by atoms with Crippen molar-refractivity contribution in [3.05, 3.63) is 40.7 Å². The molecule has 1 aromatic carbocycles. The Balaban J connectivity index is 2.04. The number of nitrogens with zero attached hydrogens (tertiary/aromatic N) is 1. The first-order valence-electron chi connectivity index (χ1n) is 6.71. The molecule has 0 bridgehead atoms. The molecule has 1 fully saturated rings. The number of anilines is 1. The summed E-state index contributed by atoms with van der Waals surface area (Å²) < 4.78 is 0. The van der Waals surface area contributed by atoms with Gasteiger partial charge in [0.2, 0.25) is 0 Å². The fraction of sp³-hybridized carbons (Fsp3) is 0.400. The smallest absolute Gasteiger partial charge is 0.257 e. The van der Waals surface area contributed by atoms with Crippen LogP contribution in [0, 0.1) is 0 Å². The minimum atomic E-state index is 0.0207. The maximum absolute atomic E-state index is 12.0. The molecule has 94 valence electrons. The molecule has 3 rings (SSSR count). The van der Waals surface area contributed by atoms with E-state index in [-0.39, 0.29) is 5.56 Å². The summed E-state index contributed by atoms with van der Waals surface area (Å²) in [7, 11) is 0. The molecule has 0 spiro atoms. The highest BCUT2D eigenvalue weighted by molar-refractivity contribution is 5.83. The summed E-state index contributed by atoms with van der Waals surface area (Å²) in [5, 5.41) is 1.80. The maximum atomic E-state index is 12.0. The lowest BCUT2D eigenvalue weighted by Crippen LogP contribution is -2.26. The number of fused-ring (bicyclic) bond motifs is 1. The van der Waals surface area contributed by atoms with Crippen LogP contribution in [0.1, 0.15) is 25.7 Å². The van der Waals surface area contributed by atoms with Gasteiger partial charge in [0.15, 0.2) is 0 Å². The third-order valence-corrected chi connectivity index (χ3v) is 3.69. The minimum absolute atomic E-state index is 0.0207. The molecular weight excluding hydrogens is 224 g/mol. The Morgan fingerprint density at radius 1 is 1.00 bits per heavy atom. The van der Waals surface area contributed by atoms with Crippen molar-refractivity contribution >= 4 is 16.6 Å². The highest BCUT2D eigenvalue weighted by Gasteiger charge is 2.11. The summed E-state index contributed by atoms with van der Waals surface area (Å²) in [6, 6.07) is 9.87. The predicted molar refractivity (Wildman–Crippen MR) is 75.2 cm³/mol. The summed E-state index contributed by atoms with van der Waals surface area (Å²) >= 11 is 0. The number of benzene rings is 1.